The standard InChI is InChI=1S/C69H44N8/c1-5-21-43(22-6-1)67-70-68(76-59-35-19-16-32-50(59)56-41-61-55(42-62(56)76)49-31-15-17-33-57(49)73(61)44-23-7-2-8-24-44)72-69(71-67)77-60-36-20-14-30-48(60)52-38-40-54-53-39-37-51-47-29-13-18-34-58(47)74(45-25-9-3-10-26-45)63(51)64(53)75(65(54)66(52)77)46-27-11-4-12-28-46/h1-34,36-42,59H,35H2. The molecule has 0 radical (unpaired) electrons. The lowest BCUT2D eigenvalue weighted by Gasteiger charge is -2.27. The van der Waals surface area contributed by atoms with Crippen LogP contribution in [0.2, 0.25) is 0 Å². The average molecular weight is 985 g/mol. The van der Waals surface area contributed by atoms with Crippen LogP contribution < -0.4 is 4.90 Å². The molecular weight excluding hydrogens is 941 g/mol. The van der Waals surface area contributed by atoms with E-state index >= 15 is 0 Å². The summed E-state index contributed by atoms with van der Waals surface area (Å²) in [5.74, 6) is 1.75. The SMILES string of the molecule is C1=CCC2C(=C1)c1cc3c(cc1N2c1nc(-c2ccccc2)nc(-n2c4ccccc4c4ccc5c6ccc7c8ccccc8n(-c8ccccc8)c7c6n(-c6ccccc6)c5c42)n1)c1ccccc1n3-c1ccccc1. The van der Waals surface area contributed by atoms with Gasteiger partial charge in [0, 0.05) is 71.3 Å². The third-order valence-corrected chi connectivity index (χ3v) is 16.3. The number of hydrogen-bond acceptors (Lipinski definition) is 4. The lowest BCUT2D eigenvalue weighted by atomic mass is 9.95. The molecule has 8 heteroatoms. The molecule has 17 rings (SSSR count). The van der Waals surface area contributed by atoms with Crippen molar-refractivity contribution in [2.24, 2.45) is 0 Å². The van der Waals surface area contributed by atoms with Gasteiger partial charge < -0.3 is 18.6 Å². The number of benzene rings is 10. The van der Waals surface area contributed by atoms with Crippen molar-refractivity contribution >= 4 is 104 Å². The molecule has 15 aromatic rings. The quantitative estimate of drug-likeness (QED) is 0.167. The fourth-order valence-corrected chi connectivity index (χ4v) is 13.1. The maximum absolute atomic E-state index is 5.76. The second kappa shape index (κ2) is 16.1. The molecule has 1 atom stereocenters. The summed E-state index contributed by atoms with van der Waals surface area (Å²) in [5.41, 5.74) is 16.6. The first-order valence-corrected chi connectivity index (χ1v) is 26.4. The van der Waals surface area contributed by atoms with Crippen LogP contribution >= 0.6 is 0 Å². The maximum Gasteiger partial charge on any atom is 0.240 e. The summed E-state index contributed by atoms with van der Waals surface area (Å²) in [6, 6.07) is 83.0. The second-order valence-corrected chi connectivity index (χ2v) is 20.3. The molecule has 0 amide bonds. The van der Waals surface area contributed by atoms with Crippen molar-refractivity contribution in [1.82, 2.24) is 33.2 Å². The summed E-state index contributed by atoms with van der Waals surface area (Å²) in [5, 5.41) is 9.31. The number of nitrogens with zero attached hydrogens (tertiary/aromatic N) is 8. The van der Waals surface area contributed by atoms with E-state index in [4.69, 9.17) is 15.0 Å². The van der Waals surface area contributed by atoms with E-state index in [0.29, 0.717) is 17.7 Å². The number of hydrogen-bond donors (Lipinski definition) is 0. The van der Waals surface area contributed by atoms with E-state index in [1.54, 1.807) is 0 Å². The number of aromatic nitrogens is 7. The van der Waals surface area contributed by atoms with Gasteiger partial charge in [-0.3, -0.25) is 4.57 Å². The molecule has 0 bridgehead atoms. The Labute approximate surface area is 441 Å². The van der Waals surface area contributed by atoms with Crippen molar-refractivity contribution in [2.75, 3.05) is 4.90 Å². The van der Waals surface area contributed by atoms with Gasteiger partial charge in [-0.05, 0) is 78.7 Å². The molecule has 0 saturated carbocycles. The molecule has 5 aromatic heterocycles. The fourth-order valence-electron chi connectivity index (χ4n) is 13.1. The van der Waals surface area contributed by atoms with Crippen LogP contribution in [0.5, 0.6) is 0 Å². The lowest BCUT2D eigenvalue weighted by molar-refractivity contribution is 0.790. The van der Waals surface area contributed by atoms with Crippen molar-refractivity contribution in [1.29, 1.82) is 0 Å². The minimum absolute atomic E-state index is 0.0407. The lowest BCUT2D eigenvalue weighted by Crippen LogP contribution is -2.29. The van der Waals surface area contributed by atoms with E-state index in [2.05, 4.69) is 266 Å². The number of rotatable bonds is 6. The Bertz CT molecular complexity index is 5000. The number of anilines is 2. The molecule has 0 fully saturated rings. The van der Waals surface area contributed by atoms with Crippen molar-refractivity contribution < 1.29 is 0 Å². The summed E-state index contributed by atoms with van der Waals surface area (Å²) >= 11 is 0. The van der Waals surface area contributed by atoms with Crippen molar-refractivity contribution in [2.45, 2.75) is 12.5 Å². The van der Waals surface area contributed by atoms with Gasteiger partial charge in [0.15, 0.2) is 5.82 Å². The Hall–Kier alpha value is -10.3. The van der Waals surface area contributed by atoms with E-state index in [1.165, 1.54) is 38.2 Å². The Balaban J connectivity index is 0.993. The zero-order chi connectivity index (χ0) is 50.3. The molecule has 0 saturated heterocycles. The third-order valence-electron chi connectivity index (χ3n) is 16.3. The first kappa shape index (κ1) is 42.1. The predicted molar refractivity (Wildman–Crippen MR) is 317 cm³/mol. The Kier molecular flexibility index (Phi) is 8.80. The normalized spacial score (nSPS) is 14.3. The number of fused-ring (bicyclic) bond motifs is 17. The van der Waals surface area contributed by atoms with Crippen LogP contribution in [0.4, 0.5) is 11.6 Å². The smallest absolute Gasteiger partial charge is 0.240 e. The van der Waals surface area contributed by atoms with E-state index in [0.717, 1.165) is 94.9 Å². The molecule has 1 aliphatic heterocycles. The van der Waals surface area contributed by atoms with Gasteiger partial charge in [-0.15, -0.1) is 0 Å². The van der Waals surface area contributed by atoms with E-state index in [1.807, 2.05) is 6.07 Å². The average Bonchev–Trinajstić information content (AvgIpc) is 4.25. The molecule has 77 heavy (non-hydrogen) atoms. The molecule has 0 N–H and O–H groups in total. The van der Waals surface area contributed by atoms with Gasteiger partial charge in [0.1, 0.15) is 0 Å². The molecular formula is C69H44N8. The molecule has 1 aliphatic carbocycles. The summed E-state index contributed by atoms with van der Waals surface area (Å²) < 4.78 is 9.67. The molecule has 360 valence electrons. The first-order chi connectivity index (χ1) is 38.2. The minimum atomic E-state index is -0.0407. The summed E-state index contributed by atoms with van der Waals surface area (Å²) in [4.78, 5) is 19.2. The van der Waals surface area contributed by atoms with Crippen LogP contribution in [-0.2, 0) is 0 Å². The monoisotopic (exact) mass is 984 g/mol. The molecule has 10 aromatic carbocycles. The van der Waals surface area contributed by atoms with Crippen LogP contribution in [0.3, 0.4) is 0 Å². The zero-order valence-corrected chi connectivity index (χ0v) is 41.5. The molecule has 0 spiro atoms. The topological polar surface area (TPSA) is 61.6 Å². The maximum atomic E-state index is 5.76. The molecule has 6 heterocycles. The highest BCUT2D eigenvalue weighted by molar-refractivity contribution is 6.29. The van der Waals surface area contributed by atoms with Gasteiger partial charge >= 0.3 is 0 Å². The number of para-hydroxylation sites is 6. The Morgan fingerprint density at radius 3 is 1.42 bits per heavy atom. The summed E-state index contributed by atoms with van der Waals surface area (Å²) in [6.07, 6.45) is 7.56. The van der Waals surface area contributed by atoms with Gasteiger partial charge in [0.05, 0.1) is 55.9 Å². The van der Waals surface area contributed by atoms with E-state index in [-0.39, 0.29) is 6.04 Å². The first-order valence-electron chi connectivity index (χ1n) is 26.4. The van der Waals surface area contributed by atoms with E-state index < -0.39 is 0 Å². The fraction of sp³-hybridized carbons (Fsp3) is 0.0290. The summed E-state index contributed by atoms with van der Waals surface area (Å²) in [6.45, 7) is 0. The van der Waals surface area contributed by atoms with Crippen molar-refractivity contribution in [3.63, 3.8) is 0 Å². The van der Waals surface area contributed by atoms with Crippen LogP contribution in [0, 0.1) is 0 Å². The Morgan fingerprint density at radius 2 is 0.805 bits per heavy atom. The van der Waals surface area contributed by atoms with Crippen molar-refractivity contribution in [3.8, 4) is 34.4 Å². The second-order valence-electron chi connectivity index (χ2n) is 20.3. The predicted octanol–water partition coefficient (Wildman–Crippen LogP) is 16.8. The van der Waals surface area contributed by atoms with Crippen LogP contribution in [0.25, 0.3) is 127 Å². The van der Waals surface area contributed by atoms with Gasteiger partial charge in [0.25, 0.3) is 0 Å². The van der Waals surface area contributed by atoms with Gasteiger partial charge in [0.2, 0.25) is 11.9 Å². The zero-order valence-electron chi connectivity index (χ0n) is 41.5. The van der Waals surface area contributed by atoms with Crippen LogP contribution in [0.15, 0.2) is 249 Å². The van der Waals surface area contributed by atoms with Crippen molar-refractivity contribution in [3.05, 3.63) is 254 Å². The Morgan fingerprint density at radius 1 is 0.351 bits per heavy atom. The molecule has 1 unspecified atom stereocenters. The largest absolute Gasteiger partial charge is 0.309 e. The molecule has 2 aliphatic rings. The van der Waals surface area contributed by atoms with Crippen LogP contribution in [-0.4, -0.2) is 39.3 Å². The highest BCUT2D eigenvalue weighted by Crippen LogP contribution is 2.51. The highest BCUT2D eigenvalue weighted by Gasteiger charge is 2.38. The number of allylic oxidation sites excluding steroid dienone is 2. The van der Waals surface area contributed by atoms with Gasteiger partial charge in [-0.1, -0.05) is 182 Å². The minimum Gasteiger partial charge on any atom is -0.309 e. The van der Waals surface area contributed by atoms with E-state index in [9.17, 15) is 0 Å². The summed E-state index contributed by atoms with van der Waals surface area (Å²) in [7, 11) is 0. The van der Waals surface area contributed by atoms with Crippen LogP contribution in [0.1, 0.15) is 12.0 Å². The van der Waals surface area contributed by atoms with Gasteiger partial charge in [-0.2, -0.15) is 15.0 Å². The molecule has 8 nitrogen and oxygen atoms in total. The highest BCUT2D eigenvalue weighted by atomic mass is 15.3. The van der Waals surface area contributed by atoms with Gasteiger partial charge in [-0.25, -0.2) is 0 Å². The third kappa shape index (κ3) is 5.95.